The Morgan fingerprint density at radius 2 is 1.61 bits per heavy atom. The third-order valence-corrected chi connectivity index (χ3v) is 5.20. The first kappa shape index (κ1) is 20.2. The molecule has 3 aromatic rings. The summed E-state index contributed by atoms with van der Waals surface area (Å²) < 4.78 is 2.88. The van der Waals surface area contributed by atoms with Crippen LogP contribution in [-0.2, 0) is 6.54 Å². The van der Waals surface area contributed by atoms with Crippen LogP contribution >= 0.6 is 23.2 Å². The normalized spacial score (nSPS) is 12.1. The van der Waals surface area contributed by atoms with Crippen LogP contribution in [0.15, 0.2) is 57.2 Å². The number of benzene rings is 2. The van der Waals surface area contributed by atoms with E-state index in [0.29, 0.717) is 29.2 Å². The zero-order valence-electron chi connectivity index (χ0n) is 15.5. The molecular weight excluding hydrogens is 399 g/mol. The molecule has 0 aliphatic heterocycles. The second-order valence-corrected chi connectivity index (χ2v) is 7.66. The summed E-state index contributed by atoms with van der Waals surface area (Å²) in [4.78, 5) is 26.3. The minimum Gasteiger partial charge on any atom is -0.322 e. The summed E-state index contributed by atoms with van der Waals surface area (Å²) in [6, 6.07) is 12.1. The standard InChI is InChI=1S/C20H20Cl2N4O2/c1-12(2)8-9-25-16-10-14(21)15(22)11-17(16)26(13-6-4-3-5-7-13)20(28)18(24-23)19(25)27/h3-7,10-12H,8-9,23H2,1-2H3. The maximum Gasteiger partial charge on any atom is 0.289 e. The van der Waals surface area contributed by atoms with E-state index in [1.165, 1.54) is 9.13 Å². The Hall–Kier alpha value is -2.57. The van der Waals surface area contributed by atoms with Gasteiger partial charge in [-0.15, -0.1) is 0 Å². The molecule has 6 nitrogen and oxygen atoms in total. The Morgan fingerprint density at radius 1 is 1.00 bits per heavy atom. The summed E-state index contributed by atoms with van der Waals surface area (Å²) >= 11 is 12.5. The van der Waals surface area contributed by atoms with Crippen LogP contribution in [0.25, 0.3) is 16.7 Å². The highest BCUT2D eigenvalue weighted by Crippen LogP contribution is 2.27. The molecule has 0 saturated heterocycles. The van der Waals surface area contributed by atoms with Crippen LogP contribution in [0.1, 0.15) is 20.3 Å². The van der Waals surface area contributed by atoms with E-state index >= 15 is 0 Å². The first-order chi connectivity index (χ1) is 13.3. The topological polar surface area (TPSA) is 82.4 Å². The van der Waals surface area contributed by atoms with Crippen LogP contribution in [0, 0.1) is 5.92 Å². The van der Waals surface area contributed by atoms with Gasteiger partial charge in [-0.2, -0.15) is 5.10 Å². The van der Waals surface area contributed by atoms with Gasteiger partial charge >= 0.3 is 0 Å². The van der Waals surface area contributed by atoms with Crippen LogP contribution < -0.4 is 22.3 Å². The Kier molecular flexibility index (Phi) is 5.91. The molecule has 0 saturated carbocycles. The average Bonchev–Trinajstić information content (AvgIpc) is 2.74. The van der Waals surface area contributed by atoms with Crippen LogP contribution in [0.3, 0.4) is 0 Å². The highest BCUT2D eigenvalue weighted by molar-refractivity contribution is 6.42. The second kappa shape index (κ2) is 8.20. The lowest BCUT2D eigenvalue weighted by Gasteiger charge is -2.12. The number of rotatable bonds is 4. The van der Waals surface area contributed by atoms with Crippen molar-refractivity contribution in [1.29, 1.82) is 0 Å². The molecule has 0 radical (unpaired) electrons. The zero-order valence-corrected chi connectivity index (χ0v) is 17.0. The predicted octanol–water partition coefficient (Wildman–Crippen LogP) is 3.28. The van der Waals surface area contributed by atoms with Crippen molar-refractivity contribution >= 4 is 34.2 Å². The highest BCUT2D eigenvalue weighted by atomic mass is 35.5. The van der Waals surface area contributed by atoms with Crippen LogP contribution in [0.4, 0.5) is 0 Å². The molecule has 146 valence electrons. The van der Waals surface area contributed by atoms with Crippen LogP contribution in [0.2, 0.25) is 10.0 Å². The predicted molar refractivity (Wildman–Crippen MR) is 113 cm³/mol. The summed E-state index contributed by atoms with van der Waals surface area (Å²) in [6.45, 7) is 4.49. The first-order valence-corrected chi connectivity index (χ1v) is 9.59. The smallest absolute Gasteiger partial charge is 0.289 e. The molecule has 0 atom stereocenters. The van der Waals surface area contributed by atoms with Crippen molar-refractivity contribution < 1.29 is 0 Å². The number of aromatic nitrogens is 2. The van der Waals surface area contributed by atoms with E-state index in [2.05, 4.69) is 18.9 Å². The first-order valence-electron chi connectivity index (χ1n) is 8.83. The zero-order chi connectivity index (χ0) is 20.4. The number of hydrogen-bond donors (Lipinski definition) is 1. The molecule has 1 heterocycles. The van der Waals surface area contributed by atoms with Crippen molar-refractivity contribution in [3.05, 3.63) is 78.6 Å². The van der Waals surface area contributed by atoms with Crippen molar-refractivity contribution in [2.24, 2.45) is 16.9 Å². The summed E-state index contributed by atoms with van der Waals surface area (Å²) in [5, 5.41) is 3.73. The van der Waals surface area contributed by atoms with Crippen molar-refractivity contribution in [2.45, 2.75) is 26.8 Å². The summed E-state index contributed by atoms with van der Waals surface area (Å²) in [5.41, 5.74) is 0.306. The molecule has 2 N–H and O–H groups in total. The van der Waals surface area contributed by atoms with E-state index in [1.54, 1.807) is 36.4 Å². The number of nitrogens with two attached hydrogens (primary N) is 1. The fourth-order valence-electron chi connectivity index (χ4n) is 3.02. The second-order valence-electron chi connectivity index (χ2n) is 6.85. The van der Waals surface area contributed by atoms with Gasteiger partial charge in [0.15, 0.2) is 0 Å². The molecule has 0 unspecified atom stereocenters. The molecule has 3 rings (SSSR count). The molecule has 2 aromatic carbocycles. The molecule has 0 bridgehead atoms. The summed E-state index contributed by atoms with van der Waals surface area (Å²) in [5.74, 6) is 5.80. The van der Waals surface area contributed by atoms with Crippen molar-refractivity contribution in [1.82, 2.24) is 9.13 Å². The lowest BCUT2D eigenvalue weighted by atomic mass is 10.1. The molecule has 28 heavy (non-hydrogen) atoms. The van der Waals surface area contributed by atoms with Gasteiger partial charge in [0.1, 0.15) is 0 Å². The van der Waals surface area contributed by atoms with E-state index < -0.39 is 11.1 Å². The van der Waals surface area contributed by atoms with Crippen LogP contribution in [0.5, 0.6) is 0 Å². The molecule has 8 heteroatoms. The molecule has 0 spiro atoms. The number of nitrogens with zero attached hydrogens (tertiary/aromatic N) is 3. The molecule has 0 amide bonds. The summed E-state index contributed by atoms with van der Waals surface area (Å²) in [6.07, 6.45) is 0.725. The fraction of sp³-hybridized carbons (Fsp3) is 0.250. The Labute approximate surface area is 171 Å². The quantitative estimate of drug-likeness (QED) is 0.521. The van der Waals surface area contributed by atoms with Crippen molar-refractivity contribution in [3.63, 3.8) is 0 Å². The molecule has 0 aliphatic carbocycles. The minimum absolute atomic E-state index is 0.276. The van der Waals surface area contributed by atoms with Gasteiger partial charge in [0.2, 0.25) is 5.36 Å². The van der Waals surface area contributed by atoms with Crippen molar-refractivity contribution in [2.75, 3.05) is 0 Å². The minimum atomic E-state index is -0.620. The number of fused-ring (bicyclic) bond motifs is 1. The number of para-hydroxylation sites is 1. The van der Waals surface area contributed by atoms with Gasteiger partial charge in [0, 0.05) is 12.2 Å². The maximum absolute atomic E-state index is 13.2. The molecule has 1 aromatic heterocycles. The Morgan fingerprint density at radius 3 is 2.18 bits per heavy atom. The van der Waals surface area contributed by atoms with Gasteiger partial charge in [-0.05, 0) is 36.6 Å². The Balaban J connectivity index is 2.61. The van der Waals surface area contributed by atoms with Gasteiger partial charge in [-0.25, -0.2) is 0 Å². The van der Waals surface area contributed by atoms with E-state index in [0.717, 1.165) is 6.42 Å². The third-order valence-electron chi connectivity index (χ3n) is 4.48. The molecular formula is C20H20Cl2N4O2. The van der Waals surface area contributed by atoms with Crippen LogP contribution in [-0.4, -0.2) is 9.13 Å². The number of hydrogen-bond acceptors (Lipinski definition) is 4. The lowest BCUT2D eigenvalue weighted by Crippen LogP contribution is -2.45. The average molecular weight is 419 g/mol. The molecule has 0 aliphatic rings. The largest absolute Gasteiger partial charge is 0.322 e. The van der Waals surface area contributed by atoms with Crippen molar-refractivity contribution in [3.8, 4) is 5.69 Å². The highest BCUT2D eigenvalue weighted by Gasteiger charge is 2.15. The van der Waals surface area contributed by atoms with E-state index in [9.17, 15) is 9.59 Å². The van der Waals surface area contributed by atoms with E-state index in [1.807, 2.05) is 6.07 Å². The third kappa shape index (κ3) is 3.70. The van der Waals surface area contributed by atoms with Gasteiger partial charge in [0.05, 0.1) is 21.1 Å². The molecule has 0 fully saturated rings. The number of aryl methyl sites for hydroxylation is 1. The van der Waals surface area contributed by atoms with Gasteiger partial charge in [-0.1, -0.05) is 55.2 Å². The fourth-order valence-corrected chi connectivity index (χ4v) is 3.33. The van der Waals surface area contributed by atoms with E-state index in [4.69, 9.17) is 29.0 Å². The Bertz CT molecular complexity index is 1220. The van der Waals surface area contributed by atoms with Gasteiger partial charge in [0.25, 0.3) is 11.1 Å². The maximum atomic E-state index is 13.2. The van der Waals surface area contributed by atoms with Gasteiger partial charge < -0.3 is 10.4 Å². The van der Waals surface area contributed by atoms with E-state index in [-0.39, 0.29) is 15.4 Å². The van der Waals surface area contributed by atoms with Gasteiger partial charge in [-0.3, -0.25) is 14.2 Å². The lowest BCUT2D eigenvalue weighted by molar-refractivity contribution is 0.516. The number of halogens is 2. The summed E-state index contributed by atoms with van der Waals surface area (Å²) in [7, 11) is 0. The monoisotopic (exact) mass is 418 g/mol. The SMILES string of the molecule is CC(C)CCn1c(=O)c(=NN)c(=O)n(-c2ccccc2)c2cc(Cl)c(Cl)cc21.